The lowest BCUT2D eigenvalue weighted by Crippen LogP contribution is -2.26. The molecule has 0 saturated heterocycles. The molecule has 0 saturated carbocycles. The Morgan fingerprint density at radius 1 is 1.00 bits per heavy atom. The van der Waals surface area contributed by atoms with Crippen LogP contribution in [-0.4, -0.2) is 21.2 Å². The minimum Gasteiger partial charge on any atom is -0.322 e. The average Bonchev–Trinajstić information content (AvgIpc) is 2.69. The number of nitrogens with zero attached hydrogens (tertiary/aromatic N) is 2. The van der Waals surface area contributed by atoms with Gasteiger partial charge < -0.3 is 5.32 Å². The van der Waals surface area contributed by atoms with Crippen molar-refractivity contribution in [3.63, 3.8) is 0 Å². The van der Waals surface area contributed by atoms with Crippen LogP contribution in [0.2, 0.25) is 0 Å². The molecule has 29 heavy (non-hydrogen) atoms. The maximum atomic E-state index is 12.9. The molecule has 0 unspecified atom stereocenters. The first kappa shape index (κ1) is 19.1. The van der Waals surface area contributed by atoms with Gasteiger partial charge in [-0.25, -0.2) is 4.98 Å². The molecule has 148 valence electrons. The summed E-state index contributed by atoms with van der Waals surface area (Å²) in [7, 11) is 0. The van der Waals surface area contributed by atoms with Gasteiger partial charge >= 0.3 is 0 Å². The first-order chi connectivity index (χ1) is 14.0. The number of carbonyl (C=O) groups is 2. The number of fused-ring (bicyclic) bond motifs is 2. The summed E-state index contributed by atoms with van der Waals surface area (Å²) in [5.41, 5.74) is 2.03. The summed E-state index contributed by atoms with van der Waals surface area (Å²) in [5, 5.41) is 3.34. The van der Waals surface area contributed by atoms with E-state index in [0.717, 1.165) is 37.9 Å². The fourth-order valence-electron chi connectivity index (χ4n) is 3.76. The number of ketones is 1. The van der Waals surface area contributed by atoms with Crippen molar-refractivity contribution in [3.05, 3.63) is 69.8 Å². The second-order valence-corrected chi connectivity index (χ2v) is 7.47. The SMILES string of the molecule is CC(=O)c1cccc(NC(=O)c2ccc3c(=O)n4c(nc3c2)CCCCCC4)c1. The quantitative estimate of drug-likeness (QED) is 0.688. The van der Waals surface area contributed by atoms with Crippen LogP contribution in [0, 0.1) is 0 Å². The number of hydrogen-bond acceptors (Lipinski definition) is 4. The van der Waals surface area contributed by atoms with Gasteiger partial charge in [-0.15, -0.1) is 0 Å². The molecule has 1 aromatic heterocycles. The maximum absolute atomic E-state index is 12.9. The van der Waals surface area contributed by atoms with Crippen LogP contribution in [0.3, 0.4) is 0 Å². The van der Waals surface area contributed by atoms with E-state index in [0.29, 0.717) is 34.3 Å². The van der Waals surface area contributed by atoms with Crippen LogP contribution >= 0.6 is 0 Å². The third-order valence-electron chi connectivity index (χ3n) is 5.36. The molecule has 0 bridgehead atoms. The smallest absolute Gasteiger partial charge is 0.261 e. The van der Waals surface area contributed by atoms with Crippen LogP contribution in [0.5, 0.6) is 0 Å². The summed E-state index contributed by atoms with van der Waals surface area (Å²) in [6, 6.07) is 11.8. The second kappa shape index (κ2) is 7.99. The predicted octanol–water partition coefficient (Wildman–Crippen LogP) is 3.97. The fraction of sp³-hybridized carbons (Fsp3) is 0.304. The number of rotatable bonds is 3. The molecular weight excluding hydrogens is 366 g/mol. The lowest BCUT2D eigenvalue weighted by Gasteiger charge is -2.16. The highest BCUT2D eigenvalue weighted by atomic mass is 16.2. The largest absolute Gasteiger partial charge is 0.322 e. The molecule has 0 radical (unpaired) electrons. The van der Waals surface area contributed by atoms with Crippen molar-refractivity contribution in [2.75, 3.05) is 5.32 Å². The lowest BCUT2D eigenvalue weighted by molar-refractivity contribution is 0.101. The lowest BCUT2D eigenvalue weighted by atomic mass is 10.1. The van der Waals surface area contributed by atoms with Gasteiger partial charge in [-0.05, 0) is 50.1 Å². The molecule has 0 atom stereocenters. The predicted molar refractivity (Wildman–Crippen MR) is 113 cm³/mol. The normalized spacial score (nSPS) is 14.0. The highest BCUT2D eigenvalue weighted by molar-refractivity contribution is 6.06. The van der Waals surface area contributed by atoms with E-state index in [1.54, 1.807) is 47.0 Å². The third kappa shape index (κ3) is 3.97. The van der Waals surface area contributed by atoms with Crippen molar-refractivity contribution in [1.82, 2.24) is 9.55 Å². The molecule has 6 nitrogen and oxygen atoms in total. The first-order valence-corrected chi connectivity index (χ1v) is 9.99. The highest BCUT2D eigenvalue weighted by Crippen LogP contribution is 2.18. The maximum Gasteiger partial charge on any atom is 0.261 e. The van der Waals surface area contributed by atoms with Crippen molar-refractivity contribution in [2.24, 2.45) is 0 Å². The molecule has 2 heterocycles. The van der Waals surface area contributed by atoms with Crippen LogP contribution in [0.1, 0.15) is 59.1 Å². The third-order valence-corrected chi connectivity index (χ3v) is 5.36. The molecule has 3 aromatic rings. The molecular formula is C23H23N3O3. The van der Waals surface area contributed by atoms with Gasteiger partial charge in [0.25, 0.3) is 11.5 Å². The first-order valence-electron chi connectivity index (χ1n) is 9.99. The van der Waals surface area contributed by atoms with Crippen molar-refractivity contribution >= 4 is 28.3 Å². The van der Waals surface area contributed by atoms with Crippen LogP contribution in [0.25, 0.3) is 10.9 Å². The van der Waals surface area contributed by atoms with E-state index < -0.39 is 0 Å². The Kier molecular flexibility index (Phi) is 5.25. The fourth-order valence-corrected chi connectivity index (χ4v) is 3.76. The van der Waals surface area contributed by atoms with Gasteiger partial charge in [0.05, 0.1) is 10.9 Å². The number of aryl methyl sites for hydroxylation is 1. The van der Waals surface area contributed by atoms with E-state index in [4.69, 9.17) is 4.98 Å². The van der Waals surface area contributed by atoms with Crippen LogP contribution in [-0.2, 0) is 13.0 Å². The minimum atomic E-state index is -0.304. The van der Waals surface area contributed by atoms with Gasteiger partial charge in [0, 0.05) is 29.8 Å². The van der Waals surface area contributed by atoms with Gasteiger partial charge in [-0.1, -0.05) is 25.0 Å². The van der Waals surface area contributed by atoms with Gasteiger partial charge in [-0.2, -0.15) is 0 Å². The number of amides is 1. The Balaban J connectivity index is 1.67. The van der Waals surface area contributed by atoms with E-state index >= 15 is 0 Å². The van der Waals surface area contributed by atoms with E-state index in [1.807, 2.05) is 0 Å². The number of anilines is 1. The summed E-state index contributed by atoms with van der Waals surface area (Å²) in [5.74, 6) is 0.433. The van der Waals surface area contributed by atoms with Gasteiger partial charge in [0.15, 0.2) is 5.78 Å². The van der Waals surface area contributed by atoms with Gasteiger partial charge in [-0.3, -0.25) is 19.0 Å². The van der Waals surface area contributed by atoms with Crippen LogP contribution in [0.15, 0.2) is 47.3 Å². The molecule has 1 N–H and O–H groups in total. The number of hydrogen-bond donors (Lipinski definition) is 1. The van der Waals surface area contributed by atoms with Gasteiger partial charge in [0.1, 0.15) is 5.82 Å². The summed E-state index contributed by atoms with van der Waals surface area (Å²) in [6.07, 6.45) is 5.06. The molecule has 0 aliphatic carbocycles. The monoisotopic (exact) mass is 389 g/mol. The zero-order chi connectivity index (χ0) is 20.4. The Labute approximate surface area is 168 Å². The Hall–Kier alpha value is -3.28. The summed E-state index contributed by atoms with van der Waals surface area (Å²) in [4.78, 5) is 41.9. The number of nitrogens with one attached hydrogen (secondary N) is 1. The average molecular weight is 389 g/mol. The van der Waals surface area contributed by atoms with Gasteiger partial charge in [0.2, 0.25) is 0 Å². The second-order valence-electron chi connectivity index (χ2n) is 7.47. The van der Waals surface area contributed by atoms with E-state index in [1.165, 1.54) is 6.92 Å². The number of benzene rings is 2. The standard InChI is InChI=1S/C23H23N3O3/c1-15(27)16-7-6-8-18(13-16)24-22(28)17-10-11-19-20(14-17)25-21-9-4-2-3-5-12-26(21)23(19)29/h6-8,10-11,13-14H,2-5,9,12H2,1H3,(H,24,28). The zero-order valence-electron chi connectivity index (χ0n) is 16.4. The Bertz CT molecular complexity index is 1160. The van der Waals surface area contributed by atoms with Crippen LogP contribution in [0.4, 0.5) is 5.69 Å². The molecule has 6 heteroatoms. The molecule has 1 aliphatic heterocycles. The van der Waals surface area contributed by atoms with E-state index in [-0.39, 0.29) is 17.2 Å². The number of aromatic nitrogens is 2. The van der Waals surface area contributed by atoms with Crippen molar-refractivity contribution < 1.29 is 9.59 Å². The molecule has 0 fully saturated rings. The molecule has 2 aromatic carbocycles. The van der Waals surface area contributed by atoms with Crippen molar-refractivity contribution in [3.8, 4) is 0 Å². The topological polar surface area (TPSA) is 81.1 Å². The van der Waals surface area contributed by atoms with Crippen molar-refractivity contribution in [1.29, 1.82) is 0 Å². The minimum absolute atomic E-state index is 0.0342. The van der Waals surface area contributed by atoms with E-state index in [2.05, 4.69) is 5.32 Å². The van der Waals surface area contributed by atoms with Crippen LogP contribution < -0.4 is 10.9 Å². The highest BCUT2D eigenvalue weighted by Gasteiger charge is 2.15. The molecule has 1 aliphatic rings. The summed E-state index contributed by atoms with van der Waals surface area (Å²) < 4.78 is 1.79. The Morgan fingerprint density at radius 3 is 2.66 bits per heavy atom. The molecule has 0 spiro atoms. The van der Waals surface area contributed by atoms with Crippen molar-refractivity contribution in [2.45, 2.75) is 45.6 Å². The number of Topliss-reactive ketones (excluding diaryl/α,β-unsaturated/α-hetero) is 1. The molecule has 1 amide bonds. The van der Waals surface area contributed by atoms with E-state index in [9.17, 15) is 14.4 Å². The zero-order valence-corrected chi connectivity index (χ0v) is 16.4. The summed E-state index contributed by atoms with van der Waals surface area (Å²) in [6.45, 7) is 2.19. The number of carbonyl (C=O) groups excluding carboxylic acids is 2. The Morgan fingerprint density at radius 2 is 1.83 bits per heavy atom. The molecule has 4 rings (SSSR count). The summed E-state index contributed by atoms with van der Waals surface area (Å²) >= 11 is 0.